The van der Waals surface area contributed by atoms with Gasteiger partial charge in [-0.05, 0) is 16.7 Å². The number of amides is 2. The van der Waals surface area contributed by atoms with Crippen molar-refractivity contribution in [1.29, 1.82) is 0 Å². The van der Waals surface area contributed by atoms with Gasteiger partial charge in [-0.15, -0.1) is 0 Å². The average Bonchev–Trinajstić information content (AvgIpc) is 2.46. The fourth-order valence-electron chi connectivity index (χ4n) is 1.72. The predicted octanol–water partition coefficient (Wildman–Crippen LogP) is 2.78. The van der Waals surface area contributed by atoms with Crippen molar-refractivity contribution >= 4 is 6.03 Å². The normalized spacial score (nSPS) is 9.83. The highest BCUT2D eigenvalue weighted by atomic mass is 16.2. The summed E-state index contributed by atoms with van der Waals surface area (Å²) in [5.41, 5.74) is 3.46. The van der Waals surface area contributed by atoms with Gasteiger partial charge >= 0.3 is 6.03 Å². The molecule has 0 fully saturated rings. The molecule has 2 aromatic rings. The van der Waals surface area contributed by atoms with E-state index in [1.54, 1.807) is 7.05 Å². The molecule has 0 aliphatic heterocycles. The summed E-state index contributed by atoms with van der Waals surface area (Å²) in [5, 5.41) is 5.28. The Morgan fingerprint density at radius 3 is 2.17 bits per heavy atom. The molecule has 3 heteroatoms. The first-order valence-electron chi connectivity index (χ1n) is 5.89. The van der Waals surface area contributed by atoms with Crippen molar-refractivity contribution in [2.24, 2.45) is 0 Å². The van der Waals surface area contributed by atoms with E-state index in [0.717, 1.165) is 5.56 Å². The Bertz CT molecular complexity index is 506. The fraction of sp³-hybridized carbons (Fsp3) is 0.133. The zero-order chi connectivity index (χ0) is 12.8. The first-order chi connectivity index (χ1) is 8.79. The van der Waals surface area contributed by atoms with Gasteiger partial charge in [0.2, 0.25) is 0 Å². The molecule has 2 aromatic carbocycles. The molecule has 0 bridgehead atoms. The van der Waals surface area contributed by atoms with Gasteiger partial charge in [-0.25, -0.2) is 4.79 Å². The molecule has 0 spiro atoms. The van der Waals surface area contributed by atoms with Crippen LogP contribution in [0.3, 0.4) is 0 Å². The van der Waals surface area contributed by atoms with Gasteiger partial charge in [0.15, 0.2) is 0 Å². The highest BCUT2D eigenvalue weighted by molar-refractivity contribution is 5.73. The van der Waals surface area contributed by atoms with Gasteiger partial charge in [0.05, 0.1) is 0 Å². The monoisotopic (exact) mass is 240 g/mol. The number of hydrogen-bond donors (Lipinski definition) is 2. The Morgan fingerprint density at radius 1 is 0.944 bits per heavy atom. The maximum atomic E-state index is 11.1. The number of carbonyl (C=O) groups is 1. The maximum Gasteiger partial charge on any atom is 0.314 e. The largest absolute Gasteiger partial charge is 0.341 e. The Kier molecular flexibility index (Phi) is 3.97. The summed E-state index contributed by atoms with van der Waals surface area (Å²) in [6, 6.07) is 18.2. The number of urea groups is 1. The van der Waals surface area contributed by atoms with Crippen LogP contribution in [-0.2, 0) is 6.54 Å². The van der Waals surface area contributed by atoms with Crippen molar-refractivity contribution in [1.82, 2.24) is 10.6 Å². The number of nitrogens with one attached hydrogen (secondary N) is 2. The van der Waals surface area contributed by atoms with Crippen LogP contribution in [0.25, 0.3) is 11.1 Å². The van der Waals surface area contributed by atoms with Gasteiger partial charge in [0, 0.05) is 13.6 Å². The topological polar surface area (TPSA) is 41.1 Å². The second-order valence-electron chi connectivity index (χ2n) is 4.00. The molecular weight excluding hydrogens is 224 g/mol. The summed E-state index contributed by atoms with van der Waals surface area (Å²) < 4.78 is 0. The highest BCUT2D eigenvalue weighted by Gasteiger charge is 1.99. The van der Waals surface area contributed by atoms with Crippen molar-refractivity contribution in [3.63, 3.8) is 0 Å². The highest BCUT2D eigenvalue weighted by Crippen LogP contribution is 2.18. The van der Waals surface area contributed by atoms with Crippen LogP contribution in [0.5, 0.6) is 0 Å². The third-order valence-corrected chi connectivity index (χ3v) is 2.74. The summed E-state index contributed by atoms with van der Waals surface area (Å²) in [6.07, 6.45) is 0. The summed E-state index contributed by atoms with van der Waals surface area (Å²) in [6.45, 7) is 0.536. The average molecular weight is 240 g/mol. The van der Waals surface area contributed by atoms with E-state index in [2.05, 4.69) is 34.9 Å². The van der Waals surface area contributed by atoms with Gasteiger partial charge in [-0.3, -0.25) is 0 Å². The quantitative estimate of drug-likeness (QED) is 0.851. The van der Waals surface area contributed by atoms with Gasteiger partial charge in [-0.2, -0.15) is 0 Å². The molecule has 2 rings (SSSR count). The van der Waals surface area contributed by atoms with Gasteiger partial charge in [-0.1, -0.05) is 54.6 Å². The van der Waals surface area contributed by atoms with E-state index < -0.39 is 0 Å². The minimum absolute atomic E-state index is 0.165. The summed E-state index contributed by atoms with van der Waals surface area (Å²) in [7, 11) is 1.60. The lowest BCUT2D eigenvalue weighted by Gasteiger charge is -2.06. The van der Waals surface area contributed by atoms with Crippen LogP contribution >= 0.6 is 0 Å². The second-order valence-corrected chi connectivity index (χ2v) is 4.00. The third kappa shape index (κ3) is 3.10. The van der Waals surface area contributed by atoms with Crippen LogP contribution in [-0.4, -0.2) is 13.1 Å². The molecule has 0 aliphatic carbocycles. The van der Waals surface area contributed by atoms with E-state index in [0.29, 0.717) is 6.54 Å². The molecule has 0 saturated carbocycles. The smallest absolute Gasteiger partial charge is 0.314 e. The van der Waals surface area contributed by atoms with Crippen LogP contribution in [0, 0.1) is 0 Å². The Morgan fingerprint density at radius 2 is 1.56 bits per heavy atom. The Hall–Kier alpha value is -2.29. The molecule has 0 heterocycles. The van der Waals surface area contributed by atoms with Crippen molar-refractivity contribution in [3.8, 4) is 11.1 Å². The van der Waals surface area contributed by atoms with Crippen LogP contribution in [0.1, 0.15) is 5.56 Å². The van der Waals surface area contributed by atoms with Crippen LogP contribution in [0.2, 0.25) is 0 Å². The summed E-state index contributed by atoms with van der Waals surface area (Å²) in [4.78, 5) is 11.1. The Balaban J connectivity index is 2.04. The summed E-state index contributed by atoms with van der Waals surface area (Å²) >= 11 is 0. The Labute approximate surface area is 107 Å². The number of hydrogen-bond acceptors (Lipinski definition) is 1. The molecule has 2 N–H and O–H groups in total. The molecule has 18 heavy (non-hydrogen) atoms. The fourth-order valence-corrected chi connectivity index (χ4v) is 1.72. The van der Waals surface area contributed by atoms with Crippen LogP contribution < -0.4 is 10.6 Å². The molecule has 0 unspecified atom stereocenters. The molecule has 0 aliphatic rings. The first kappa shape index (κ1) is 12.2. The van der Waals surface area contributed by atoms with Gasteiger partial charge in [0.25, 0.3) is 0 Å². The minimum Gasteiger partial charge on any atom is -0.341 e. The molecular formula is C15H16N2O. The van der Waals surface area contributed by atoms with E-state index in [4.69, 9.17) is 0 Å². The minimum atomic E-state index is -0.165. The van der Waals surface area contributed by atoms with Crippen LogP contribution in [0.15, 0.2) is 54.6 Å². The van der Waals surface area contributed by atoms with Crippen molar-refractivity contribution in [2.75, 3.05) is 7.05 Å². The summed E-state index contributed by atoms with van der Waals surface area (Å²) in [5.74, 6) is 0. The number of carbonyl (C=O) groups excluding carboxylic acids is 1. The molecule has 92 valence electrons. The molecule has 2 amide bonds. The van der Waals surface area contributed by atoms with Crippen molar-refractivity contribution in [2.45, 2.75) is 6.54 Å². The second kappa shape index (κ2) is 5.87. The molecule has 0 atom stereocenters. The lowest BCUT2D eigenvalue weighted by atomic mass is 10.0. The van der Waals surface area contributed by atoms with Crippen LogP contribution in [0.4, 0.5) is 4.79 Å². The lowest BCUT2D eigenvalue weighted by Crippen LogP contribution is -2.32. The van der Waals surface area contributed by atoms with Gasteiger partial charge < -0.3 is 10.6 Å². The molecule has 0 aromatic heterocycles. The molecule has 3 nitrogen and oxygen atoms in total. The standard InChI is InChI=1S/C15H16N2O/c1-16-15(18)17-11-12-7-9-14(10-8-12)13-5-3-2-4-6-13/h2-10H,11H2,1H3,(H2,16,17,18). The number of rotatable bonds is 3. The van der Waals surface area contributed by atoms with E-state index in [1.165, 1.54) is 11.1 Å². The van der Waals surface area contributed by atoms with E-state index in [9.17, 15) is 4.79 Å². The van der Waals surface area contributed by atoms with E-state index in [-0.39, 0.29) is 6.03 Å². The zero-order valence-electron chi connectivity index (χ0n) is 10.3. The SMILES string of the molecule is CNC(=O)NCc1ccc(-c2ccccc2)cc1. The zero-order valence-corrected chi connectivity index (χ0v) is 10.3. The molecule has 0 radical (unpaired) electrons. The maximum absolute atomic E-state index is 11.1. The van der Waals surface area contributed by atoms with Crippen molar-refractivity contribution < 1.29 is 4.79 Å². The van der Waals surface area contributed by atoms with E-state index in [1.807, 2.05) is 30.3 Å². The van der Waals surface area contributed by atoms with Gasteiger partial charge in [0.1, 0.15) is 0 Å². The lowest BCUT2D eigenvalue weighted by molar-refractivity contribution is 0.242. The number of benzene rings is 2. The van der Waals surface area contributed by atoms with Crippen molar-refractivity contribution in [3.05, 3.63) is 60.2 Å². The third-order valence-electron chi connectivity index (χ3n) is 2.74. The molecule has 0 saturated heterocycles. The predicted molar refractivity (Wildman–Crippen MR) is 73.2 cm³/mol. The first-order valence-corrected chi connectivity index (χ1v) is 5.89. The van der Waals surface area contributed by atoms with E-state index >= 15 is 0 Å².